The Morgan fingerprint density at radius 1 is 1.19 bits per heavy atom. The number of benzene rings is 1. The third kappa shape index (κ3) is 3.75. The summed E-state index contributed by atoms with van der Waals surface area (Å²) in [6.45, 7) is -0.239. The molecule has 1 aromatic carbocycles. The van der Waals surface area contributed by atoms with Crippen LogP contribution in [-0.2, 0) is 23.1 Å². The summed E-state index contributed by atoms with van der Waals surface area (Å²) in [6.07, 6.45) is -3.64. The van der Waals surface area contributed by atoms with Gasteiger partial charge >= 0.3 is 12.1 Å². The maximum atomic E-state index is 13.2. The zero-order chi connectivity index (χ0) is 23.2. The number of hydroxylamine groups is 2. The zero-order valence-corrected chi connectivity index (χ0v) is 17.2. The molecule has 1 amide bonds. The average molecular weight is 466 g/mol. The third-order valence-corrected chi connectivity index (χ3v) is 5.23. The minimum Gasteiger partial charge on any atom is -0.368 e. The lowest BCUT2D eigenvalue weighted by molar-refractivity contribution is -0.228. The number of nitrogens with two attached hydrogens (primary N) is 1. The van der Waals surface area contributed by atoms with Crippen LogP contribution in [0.2, 0.25) is 5.02 Å². The van der Waals surface area contributed by atoms with E-state index in [0.717, 1.165) is 0 Å². The highest BCUT2D eigenvalue weighted by atomic mass is 35.5. The second-order valence-electron chi connectivity index (χ2n) is 6.95. The molecule has 0 aliphatic carbocycles. The summed E-state index contributed by atoms with van der Waals surface area (Å²) in [5.41, 5.74) is 8.26. The molecule has 1 aliphatic rings. The minimum atomic E-state index is -5.24. The number of hydrogen-bond donors (Lipinski definition) is 1. The lowest BCUT2D eigenvalue weighted by Crippen LogP contribution is -2.42. The highest BCUT2D eigenvalue weighted by Gasteiger charge is 2.45. The molecule has 0 saturated heterocycles. The molecule has 2 aromatic heterocycles. The van der Waals surface area contributed by atoms with Gasteiger partial charge in [-0.3, -0.25) is 4.79 Å². The number of alkyl halides is 3. The molecule has 8 nitrogen and oxygen atoms in total. The van der Waals surface area contributed by atoms with Crippen molar-refractivity contribution in [3.8, 4) is 22.5 Å². The van der Waals surface area contributed by atoms with Crippen molar-refractivity contribution in [3.05, 3.63) is 52.8 Å². The SMILES string of the molecule is Cn1c2c(c(-c3ccc(Cl)cc3)c1-c1ccnc(N)n1)C(=O)N(OC(=O)C(F)(F)F)CC2. The molecule has 1 aliphatic heterocycles. The van der Waals surface area contributed by atoms with Crippen LogP contribution < -0.4 is 5.73 Å². The normalized spacial score (nSPS) is 13.8. The number of amides is 1. The summed E-state index contributed by atoms with van der Waals surface area (Å²) in [4.78, 5) is 37.0. The van der Waals surface area contributed by atoms with E-state index in [1.807, 2.05) is 0 Å². The van der Waals surface area contributed by atoms with E-state index in [1.165, 1.54) is 6.20 Å². The molecule has 0 saturated carbocycles. The summed E-state index contributed by atoms with van der Waals surface area (Å²) in [5.74, 6) is -3.34. The van der Waals surface area contributed by atoms with Gasteiger partial charge in [0, 0.05) is 35.9 Å². The zero-order valence-electron chi connectivity index (χ0n) is 16.5. The van der Waals surface area contributed by atoms with Crippen LogP contribution in [-0.4, -0.2) is 44.2 Å². The lowest BCUT2D eigenvalue weighted by Gasteiger charge is -2.26. The van der Waals surface area contributed by atoms with E-state index in [0.29, 0.717) is 38.3 Å². The highest BCUT2D eigenvalue weighted by molar-refractivity contribution is 6.30. The van der Waals surface area contributed by atoms with Gasteiger partial charge in [0.05, 0.1) is 23.5 Å². The molecule has 166 valence electrons. The van der Waals surface area contributed by atoms with Gasteiger partial charge in [-0.1, -0.05) is 23.7 Å². The Kier molecular flexibility index (Phi) is 5.29. The maximum Gasteiger partial charge on any atom is 0.493 e. The van der Waals surface area contributed by atoms with Crippen LogP contribution >= 0.6 is 11.6 Å². The lowest BCUT2D eigenvalue weighted by atomic mass is 9.96. The summed E-state index contributed by atoms with van der Waals surface area (Å²) < 4.78 is 39.8. The number of hydrogen-bond acceptors (Lipinski definition) is 6. The number of rotatable bonds is 3. The molecule has 0 unspecified atom stereocenters. The van der Waals surface area contributed by atoms with Gasteiger partial charge in [-0.2, -0.15) is 18.2 Å². The second-order valence-corrected chi connectivity index (χ2v) is 7.38. The molecular weight excluding hydrogens is 451 g/mol. The van der Waals surface area contributed by atoms with Gasteiger partial charge in [-0.15, -0.1) is 0 Å². The standard InChI is InChI=1S/C20H15ClF3N5O3/c1-28-13-7-9-29(32-18(31)20(22,23)24)17(30)15(13)14(10-2-4-11(21)5-3-10)16(28)12-6-8-26-19(25)27-12/h2-6,8H,7,9H2,1H3,(H2,25,26,27). The van der Waals surface area contributed by atoms with Gasteiger partial charge < -0.3 is 15.1 Å². The molecule has 2 N–H and O–H groups in total. The summed E-state index contributed by atoms with van der Waals surface area (Å²) in [7, 11) is 1.70. The molecule has 0 bridgehead atoms. The van der Waals surface area contributed by atoms with E-state index in [2.05, 4.69) is 14.8 Å². The Hall–Kier alpha value is -3.60. The Morgan fingerprint density at radius 3 is 2.50 bits per heavy atom. The molecule has 3 aromatic rings. The fourth-order valence-corrected chi connectivity index (χ4v) is 3.76. The van der Waals surface area contributed by atoms with Crippen molar-refractivity contribution >= 4 is 29.4 Å². The van der Waals surface area contributed by atoms with Crippen LogP contribution in [0.4, 0.5) is 19.1 Å². The molecule has 12 heteroatoms. The molecule has 4 rings (SSSR count). The average Bonchev–Trinajstić information content (AvgIpc) is 3.03. The quantitative estimate of drug-likeness (QED) is 0.636. The smallest absolute Gasteiger partial charge is 0.368 e. The van der Waals surface area contributed by atoms with Gasteiger partial charge in [-0.05, 0) is 23.8 Å². The topological polar surface area (TPSA) is 103 Å². The van der Waals surface area contributed by atoms with E-state index >= 15 is 0 Å². The first-order chi connectivity index (χ1) is 15.1. The van der Waals surface area contributed by atoms with E-state index in [4.69, 9.17) is 17.3 Å². The van der Waals surface area contributed by atoms with E-state index < -0.39 is 18.1 Å². The monoisotopic (exact) mass is 465 g/mol. The Morgan fingerprint density at radius 2 is 1.88 bits per heavy atom. The molecular formula is C20H15ClF3N5O3. The number of nitrogen functional groups attached to an aromatic ring is 1. The number of carbonyl (C=O) groups excluding carboxylic acids is 2. The minimum absolute atomic E-state index is 0.00999. The van der Waals surface area contributed by atoms with Crippen molar-refractivity contribution in [2.24, 2.45) is 7.05 Å². The first-order valence-corrected chi connectivity index (χ1v) is 9.63. The van der Waals surface area contributed by atoms with Gasteiger partial charge in [0.15, 0.2) is 0 Å². The van der Waals surface area contributed by atoms with Crippen molar-refractivity contribution in [3.63, 3.8) is 0 Å². The van der Waals surface area contributed by atoms with Crippen molar-refractivity contribution in [2.75, 3.05) is 12.3 Å². The first kappa shape index (κ1) is 21.6. The third-order valence-electron chi connectivity index (χ3n) is 4.98. The summed E-state index contributed by atoms with van der Waals surface area (Å²) >= 11 is 6.00. The Bertz CT molecular complexity index is 1220. The van der Waals surface area contributed by atoms with Gasteiger partial charge in [0.1, 0.15) is 0 Å². The summed E-state index contributed by atoms with van der Waals surface area (Å²) in [5, 5.41) is 0.883. The number of halogens is 4. The van der Waals surface area contributed by atoms with Crippen LogP contribution in [0.5, 0.6) is 0 Å². The number of aromatic nitrogens is 3. The van der Waals surface area contributed by atoms with E-state index in [1.54, 1.807) is 41.9 Å². The van der Waals surface area contributed by atoms with Crippen molar-refractivity contribution in [1.82, 2.24) is 19.6 Å². The highest BCUT2D eigenvalue weighted by Crippen LogP contribution is 2.41. The molecule has 0 fully saturated rings. The van der Waals surface area contributed by atoms with Crippen LogP contribution in [0, 0.1) is 0 Å². The van der Waals surface area contributed by atoms with E-state index in [-0.39, 0.29) is 24.5 Å². The van der Waals surface area contributed by atoms with Gasteiger partial charge in [0.2, 0.25) is 5.95 Å². The van der Waals surface area contributed by atoms with Crippen molar-refractivity contribution in [2.45, 2.75) is 12.6 Å². The summed E-state index contributed by atoms with van der Waals surface area (Å²) in [6, 6.07) is 8.16. The predicted octanol–water partition coefficient (Wildman–Crippen LogP) is 3.40. The molecule has 0 radical (unpaired) electrons. The number of anilines is 1. The van der Waals surface area contributed by atoms with Crippen molar-refractivity contribution < 1.29 is 27.6 Å². The maximum absolute atomic E-state index is 13.2. The van der Waals surface area contributed by atoms with E-state index in [9.17, 15) is 22.8 Å². The molecule has 32 heavy (non-hydrogen) atoms. The fraction of sp³-hybridized carbons (Fsp3) is 0.200. The number of carbonyl (C=O) groups is 2. The van der Waals surface area contributed by atoms with Crippen molar-refractivity contribution in [1.29, 1.82) is 0 Å². The molecule has 3 heterocycles. The number of nitrogens with zero attached hydrogens (tertiary/aromatic N) is 4. The second kappa shape index (κ2) is 7.83. The Labute approximate surface area is 184 Å². The van der Waals surface area contributed by atoms with Crippen LogP contribution in [0.3, 0.4) is 0 Å². The molecule has 0 atom stereocenters. The Balaban J connectivity index is 1.90. The number of fused-ring (bicyclic) bond motifs is 1. The first-order valence-electron chi connectivity index (χ1n) is 9.25. The van der Waals surface area contributed by atoms with Gasteiger partial charge in [-0.25, -0.2) is 14.8 Å². The van der Waals surface area contributed by atoms with Gasteiger partial charge in [0.25, 0.3) is 5.91 Å². The van der Waals surface area contributed by atoms with Crippen LogP contribution in [0.15, 0.2) is 36.5 Å². The molecule has 0 spiro atoms. The van der Waals surface area contributed by atoms with Crippen LogP contribution in [0.1, 0.15) is 16.1 Å². The fourth-order valence-electron chi connectivity index (χ4n) is 3.63. The largest absolute Gasteiger partial charge is 0.493 e. The predicted molar refractivity (Wildman–Crippen MR) is 108 cm³/mol. The van der Waals surface area contributed by atoms with Crippen LogP contribution in [0.25, 0.3) is 22.5 Å².